The van der Waals surface area contributed by atoms with Gasteiger partial charge in [-0.15, -0.1) is 0 Å². The van der Waals surface area contributed by atoms with E-state index in [0.29, 0.717) is 11.1 Å². The fourth-order valence-electron chi connectivity index (χ4n) is 2.94. The summed E-state index contributed by atoms with van der Waals surface area (Å²) in [5.41, 5.74) is 3.53. The second-order valence-electron chi connectivity index (χ2n) is 5.22. The number of benzene rings is 1. The van der Waals surface area contributed by atoms with E-state index in [4.69, 9.17) is 0 Å². The summed E-state index contributed by atoms with van der Waals surface area (Å²) in [4.78, 5) is 24.6. The molecule has 4 rings (SSSR count). The second-order valence-corrected chi connectivity index (χ2v) is 6.00. The Morgan fingerprint density at radius 3 is 2.59 bits per heavy atom. The van der Waals surface area contributed by atoms with E-state index in [2.05, 4.69) is 5.32 Å². The number of amides is 2. The van der Waals surface area contributed by atoms with Crippen LogP contribution >= 0.6 is 11.3 Å². The predicted molar refractivity (Wildman–Crippen MR) is 87.2 cm³/mol. The van der Waals surface area contributed by atoms with Crippen molar-refractivity contribution in [2.45, 2.75) is 0 Å². The van der Waals surface area contributed by atoms with E-state index in [0.717, 1.165) is 22.0 Å². The average molecular weight is 308 g/mol. The van der Waals surface area contributed by atoms with Crippen LogP contribution in [0, 0.1) is 0 Å². The molecule has 0 unspecified atom stereocenters. The minimum absolute atomic E-state index is 0.327. The number of imide groups is 1. The first-order chi connectivity index (χ1) is 10.7. The van der Waals surface area contributed by atoms with Crippen LogP contribution < -0.4 is 5.32 Å². The van der Waals surface area contributed by atoms with Gasteiger partial charge in [-0.3, -0.25) is 14.9 Å². The highest BCUT2D eigenvalue weighted by molar-refractivity contribution is 7.08. The summed E-state index contributed by atoms with van der Waals surface area (Å²) in [7, 11) is 1.94. The molecule has 5 heteroatoms. The van der Waals surface area contributed by atoms with Crippen LogP contribution in [0.15, 0.2) is 47.3 Å². The monoisotopic (exact) mass is 308 g/mol. The third-order valence-corrected chi connectivity index (χ3v) is 4.59. The minimum atomic E-state index is -0.331. The van der Waals surface area contributed by atoms with E-state index in [-0.39, 0.29) is 11.8 Å². The molecule has 0 saturated heterocycles. The summed E-state index contributed by atoms with van der Waals surface area (Å²) in [5, 5.41) is 7.18. The molecule has 108 valence electrons. The summed E-state index contributed by atoms with van der Waals surface area (Å²) >= 11 is 1.51. The lowest BCUT2D eigenvalue weighted by molar-refractivity contribution is -0.122. The highest BCUT2D eigenvalue weighted by Gasteiger charge is 2.33. The van der Waals surface area contributed by atoms with Gasteiger partial charge < -0.3 is 4.57 Å². The van der Waals surface area contributed by atoms with Crippen molar-refractivity contribution >= 4 is 45.2 Å². The number of para-hydroxylation sites is 1. The van der Waals surface area contributed by atoms with Crippen molar-refractivity contribution in [1.29, 1.82) is 0 Å². The normalized spacial score (nSPS) is 15.0. The third kappa shape index (κ3) is 1.76. The Morgan fingerprint density at radius 2 is 1.82 bits per heavy atom. The Morgan fingerprint density at radius 1 is 1.05 bits per heavy atom. The molecular formula is C17H12N2O2S. The molecule has 0 radical (unpaired) electrons. The number of carbonyl (C=O) groups is 2. The molecule has 0 fully saturated rings. The van der Waals surface area contributed by atoms with Gasteiger partial charge in [0.25, 0.3) is 11.8 Å². The van der Waals surface area contributed by atoms with Crippen molar-refractivity contribution < 1.29 is 9.59 Å². The fourth-order valence-corrected chi connectivity index (χ4v) is 3.58. The molecule has 3 heterocycles. The fraction of sp³-hybridized carbons (Fsp3) is 0.0588. The Bertz CT molecular complexity index is 948. The van der Waals surface area contributed by atoms with Crippen molar-refractivity contribution in [3.05, 3.63) is 58.4 Å². The summed E-state index contributed by atoms with van der Waals surface area (Å²) in [5.74, 6) is -0.658. The summed E-state index contributed by atoms with van der Waals surface area (Å²) in [6.07, 6.45) is 1.91. The average Bonchev–Trinajstić information content (AvgIpc) is 3.19. The Hall–Kier alpha value is -2.66. The molecule has 22 heavy (non-hydrogen) atoms. The highest BCUT2D eigenvalue weighted by atomic mass is 32.1. The maximum absolute atomic E-state index is 12.3. The van der Waals surface area contributed by atoms with Gasteiger partial charge in [0.1, 0.15) is 0 Å². The number of carbonyl (C=O) groups excluding carboxylic acids is 2. The molecule has 0 aliphatic carbocycles. The van der Waals surface area contributed by atoms with Gasteiger partial charge >= 0.3 is 0 Å². The zero-order chi connectivity index (χ0) is 15.3. The number of hydrogen-bond donors (Lipinski definition) is 1. The molecule has 0 atom stereocenters. The van der Waals surface area contributed by atoms with E-state index >= 15 is 0 Å². The number of rotatable bonds is 2. The van der Waals surface area contributed by atoms with Gasteiger partial charge in [0, 0.05) is 29.7 Å². The molecular weight excluding hydrogens is 296 g/mol. The molecule has 1 aliphatic rings. The third-order valence-electron chi connectivity index (χ3n) is 3.91. The van der Waals surface area contributed by atoms with Crippen LogP contribution in [-0.4, -0.2) is 16.4 Å². The van der Waals surface area contributed by atoms with Gasteiger partial charge in [0.15, 0.2) is 0 Å². The van der Waals surface area contributed by atoms with Gasteiger partial charge in [-0.05, 0) is 28.5 Å². The van der Waals surface area contributed by atoms with Crippen LogP contribution in [0.2, 0.25) is 0 Å². The first-order valence-corrected chi connectivity index (χ1v) is 7.78. The zero-order valence-corrected chi connectivity index (χ0v) is 12.6. The van der Waals surface area contributed by atoms with Crippen LogP contribution in [0.25, 0.3) is 22.0 Å². The van der Waals surface area contributed by atoms with E-state index < -0.39 is 0 Å². The topological polar surface area (TPSA) is 51.1 Å². The van der Waals surface area contributed by atoms with Crippen molar-refractivity contribution in [1.82, 2.24) is 9.88 Å². The molecule has 0 spiro atoms. The highest BCUT2D eigenvalue weighted by Crippen LogP contribution is 2.36. The Labute approximate surface area is 130 Å². The van der Waals surface area contributed by atoms with Gasteiger partial charge in [0.05, 0.1) is 11.1 Å². The van der Waals surface area contributed by atoms with Gasteiger partial charge in [-0.2, -0.15) is 11.3 Å². The van der Waals surface area contributed by atoms with Crippen molar-refractivity contribution in [2.24, 2.45) is 7.05 Å². The lowest BCUT2D eigenvalue weighted by Gasteiger charge is -2.01. The largest absolute Gasteiger partial charge is 0.350 e. The molecule has 2 aromatic heterocycles. The molecule has 1 N–H and O–H groups in total. The molecule has 1 aromatic carbocycles. The number of aryl methyl sites for hydroxylation is 1. The van der Waals surface area contributed by atoms with Gasteiger partial charge in [0.2, 0.25) is 0 Å². The maximum Gasteiger partial charge on any atom is 0.259 e. The number of nitrogens with zero attached hydrogens (tertiary/aromatic N) is 1. The lowest BCUT2D eigenvalue weighted by Crippen LogP contribution is -2.22. The van der Waals surface area contributed by atoms with E-state index in [9.17, 15) is 9.59 Å². The number of fused-ring (bicyclic) bond motifs is 1. The molecule has 3 aromatic rings. The first kappa shape index (κ1) is 13.0. The number of thiophene rings is 1. The summed E-state index contributed by atoms with van der Waals surface area (Å²) < 4.78 is 1.97. The molecule has 1 aliphatic heterocycles. The smallest absolute Gasteiger partial charge is 0.259 e. The van der Waals surface area contributed by atoms with Crippen molar-refractivity contribution in [3.8, 4) is 0 Å². The number of hydrogen-bond acceptors (Lipinski definition) is 3. The maximum atomic E-state index is 12.3. The van der Waals surface area contributed by atoms with E-state index in [1.165, 1.54) is 11.3 Å². The number of aromatic nitrogens is 1. The Balaban J connectivity index is 2.06. The van der Waals surface area contributed by atoms with Crippen LogP contribution in [0.4, 0.5) is 0 Å². The molecule has 2 amide bonds. The lowest BCUT2D eigenvalue weighted by atomic mass is 9.97. The Kier molecular flexibility index (Phi) is 2.77. The standard InChI is InChI=1S/C17H12N2O2S/c1-19-8-12(11-4-2-3-5-13(11)19)15-14(10-6-7-22-9-10)16(20)18-17(15)21/h2-9H,1H3,(H,18,20,21). The van der Waals surface area contributed by atoms with Crippen molar-refractivity contribution in [3.63, 3.8) is 0 Å². The zero-order valence-electron chi connectivity index (χ0n) is 11.8. The predicted octanol–water partition coefficient (Wildman–Crippen LogP) is 2.81. The quantitative estimate of drug-likeness (QED) is 0.740. The summed E-state index contributed by atoms with van der Waals surface area (Å²) in [6, 6.07) is 9.73. The van der Waals surface area contributed by atoms with E-state index in [1.54, 1.807) is 0 Å². The van der Waals surface area contributed by atoms with E-state index in [1.807, 2.05) is 58.9 Å². The number of nitrogens with one attached hydrogen (secondary N) is 1. The molecule has 4 nitrogen and oxygen atoms in total. The van der Waals surface area contributed by atoms with Crippen LogP contribution in [-0.2, 0) is 16.6 Å². The minimum Gasteiger partial charge on any atom is -0.350 e. The van der Waals surface area contributed by atoms with Crippen LogP contribution in [0.5, 0.6) is 0 Å². The van der Waals surface area contributed by atoms with Crippen LogP contribution in [0.1, 0.15) is 11.1 Å². The first-order valence-electron chi connectivity index (χ1n) is 6.84. The van der Waals surface area contributed by atoms with Gasteiger partial charge in [-0.1, -0.05) is 18.2 Å². The SMILES string of the molecule is Cn1cc(C2=C(c3ccsc3)C(=O)NC2=O)c2ccccc21. The summed E-state index contributed by atoms with van der Waals surface area (Å²) in [6.45, 7) is 0. The van der Waals surface area contributed by atoms with Crippen LogP contribution in [0.3, 0.4) is 0 Å². The molecule has 0 saturated carbocycles. The van der Waals surface area contributed by atoms with Gasteiger partial charge in [-0.25, -0.2) is 0 Å². The molecule has 0 bridgehead atoms. The second kappa shape index (κ2) is 4.68. The van der Waals surface area contributed by atoms with Crippen molar-refractivity contribution in [2.75, 3.05) is 0 Å².